The third kappa shape index (κ3) is 5.20. The maximum Gasteiger partial charge on any atom is 0.263 e. The standard InChI is InChI=1S/C20H19ClN4O5S3/c21-17-8-3-14(13-18(17)33(29,30)25-10-1-2-11-25)19(26)23-15-4-6-16(7-5-15)32(27,28)24-20-22-9-12-31-20/h3-9,12-13H,1-2,10-11H2,(H,22,24)(H,23,26). The molecule has 1 aliphatic rings. The number of thiazole rings is 1. The smallest absolute Gasteiger partial charge is 0.263 e. The third-order valence-corrected chi connectivity index (χ3v) is 9.51. The lowest BCUT2D eigenvalue weighted by atomic mass is 10.2. The first-order chi connectivity index (χ1) is 15.7. The van der Waals surface area contributed by atoms with Gasteiger partial charge in [-0.05, 0) is 55.3 Å². The molecule has 4 rings (SSSR count). The minimum absolute atomic E-state index is 0.00110. The van der Waals surface area contributed by atoms with Crippen molar-refractivity contribution in [3.8, 4) is 0 Å². The number of amides is 1. The van der Waals surface area contributed by atoms with E-state index < -0.39 is 26.0 Å². The molecular weight excluding hydrogens is 508 g/mol. The normalized spacial score (nSPS) is 14.8. The van der Waals surface area contributed by atoms with Gasteiger partial charge in [0.1, 0.15) is 4.90 Å². The van der Waals surface area contributed by atoms with Gasteiger partial charge in [0.25, 0.3) is 15.9 Å². The monoisotopic (exact) mass is 526 g/mol. The second kappa shape index (κ2) is 9.39. The van der Waals surface area contributed by atoms with Gasteiger partial charge >= 0.3 is 0 Å². The number of sulfonamides is 2. The quantitative estimate of drug-likeness (QED) is 0.484. The van der Waals surface area contributed by atoms with E-state index in [9.17, 15) is 21.6 Å². The van der Waals surface area contributed by atoms with Crippen molar-refractivity contribution in [1.82, 2.24) is 9.29 Å². The van der Waals surface area contributed by atoms with E-state index in [2.05, 4.69) is 15.0 Å². The molecule has 0 unspecified atom stereocenters. The predicted molar refractivity (Wildman–Crippen MR) is 127 cm³/mol. The second-order valence-electron chi connectivity index (χ2n) is 7.18. The van der Waals surface area contributed by atoms with Crippen LogP contribution < -0.4 is 10.0 Å². The van der Waals surface area contributed by atoms with E-state index in [1.807, 2.05) is 0 Å². The van der Waals surface area contributed by atoms with Crippen LogP contribution in [0.2, 0.25) is 5.02 Å². The Morgan fingerprint density at radius 1 is 1.03 bits per heavy atom. The molecule has 0 saturated carbocycles. The van der Waals surface area contributed by atoms with E-state index in [0.717, 1.165) is 24.2 Å². The highest BCUT2D eigenvalue weighted by Crippen LogP contribution is 2.28. The maximum absolute atomic E-state index is 12.9. The van der Waals surface area contributed by atoms with Gasteiger partial charge in [0.2, 0.25) is 10.0 Å². The first-order valence-electron chi connectivity index (χ1n) is 9.80. The minimum Gasteiger partial charge on any atom is -0.322 e. The lowest BCUT2D eigenvalue weighted by molar-refractivity contribution is 0.102. The summed E-state index contributed by atoms with van der Waals surface area (Å²) in [6.07, 6.45) is 3.05. The summed E-state index contributed by atoms with van der Waals surface area (Å²) in [6.45, 7) is 0.837. The van der Waals surface area contributed by atoms with Crippen molar-refractivity contribution in [2.75, 3.05) is 23.1 Å². The minimum atomic E-state index is -3.82. The molecule has 0 atom stereocenters. The number of aromatic nitrogens is 1. The Balaban J connectivity index is 1.50. The fraction of sp³-hybridized carbons (Fsp3) is 0.200. The molecule has 13 heteroatoms. The van der Waals surface area contributed by atoms with Gasteiger partial charge in [0.05, 0.1) is 9.92 Å². The van der Waals surface area contributed by atoms with Crippen LogP contribution in [0, 0.1) is 0 Å². The topological polar surface area (TPSA) is 126 Å². The van der Waals surface area contributed by atoms with Crippen LogP contribution in [0.1, 0.15) is 23.2 Å². The van der Waals surface area contributed by atoms with Crippen LogP contribution in [0.3, 0.4) is 0 Å². The molecule has 1 fully saturated rings. The fourth-order valence-corrected chi connectivity index (χ4v) is 7.08. The van der Waals surface area contributed by atoms with Crippen LogP contribution in [0.4, 0.5) is 10.8 Å². The molecule has 2 aromatic carbocycles. The number of nitrogens with zero attached hydrogens (tertiary/aromatic N) is 2. The number of anilines is 2. The van der Waals surface area contributed by atoms with E-state index in [1.165, 1.54) is 53.0 Å². The number of benzene rings is 2. The Bertz CT molecular complexity index is 1370. The summed E-state index contributed by atoms with van der Waals surface area (Å²) in [5.74, 6) is -0.555. The Kier molecular flexibility index (Phi) is 6.73. The molecule has 9 nitrogen and oxygen atoms in total. The van der Waals surface area contributed by atoms with Crippen molar-refractivity contribution in [3.05, 3.63) is 64.6 Å². The summed E-state index contributed by atoms with van der Waals surface area (Å²) >= 11 is 7.28. The zero-order chi connectivity index (χ0) is 23.6. The molecule has 2 heterocycles. The molecule has 1 aliphatic heterocycles. The highest BCUT2D eigenvalue weighted by molar-refractivity contribution is 7.93. The summed E-state index contributed by atoms with van der Waals surface area (Å²) in [7, 11) is -7.61. The molecule has 1 saturated heterocycles. The summed E-state index contributed by atoms with van der Waals surface area (Å²) < 4.78 is 54.3. The lowest BCUT2D eigenvalue weighted by Gasteiger charge is -2.17. The molecule has 3 aromatic rings. The molecule has 1 amide bonds. The van der Waals surface area contributed by atoms with Crippen LogP contribution in [0.25, 0.3) is 0 Å². The Hall–Kier alpha value is -2.51. The van der Waals surface area contributed by atoms with Crippen LogP contribution >= 0.6 is 22.9 Å². The molecular formula is C20H19ClN4O5S3. The van der Waals surface area contributed by atoms with Crippen molar-refractivity contribution in [2.24, 2.45) is 0 Å². The molecule has 174 valence electrons. The highest BCUT2D eigenvalue weighted by Gasteiger charge is 2.29. The number of halogens is 1. The second-order valence-corrected chi connectivity index (χ2v) is 12.1. The number of carbonyl (C=O) groups is 1. The van der Waals surface area contributed by atoms with Crippen molar-refractivity contribution in [3.63, 3.8) is 0 Å². The molecule has 0 bridgehead atoms. The molecule has 0 aliphatic carbocycles. The van der Waals surface area contributed by atoms with E-state index in [1.54, 1.807) is 5.38 Å². The number of hydrogen-bond donors (Lipinski definition) is 2. The zero-order valence-corrected chi connectivity index (χ0v) is 20.3. The van der Waals surface area contributed by atoms with Crippen LogP contribution in [-0.2, 0) is 20.0 Å². The zero-order valence-electron chi connectivity index (χ0n) is 17.1. The van der Waals surface area contributed by atoms with Gasteiger partial charge in [0.15, 0.2) is 5.13 Å². The summed E-state index contributed by atoms with van der Waals surface area (Å²) in [5.41, 5.74) is 0.450. The van der Waals surface area contributed by atoms with Gasteiger partial charge in [-0.25, -0.2) is 21.8 Å². The van der Waals surface area contributed by atoms with Crippen molar-refractivity contribution in [2.45, 2.75) is 22.6 Å². The van der Waals surface area contributed by atoms with Gasteiger partial charge in [-0.1, -0.05) is 11.6 Å². The molecule has 33 heavy (non-hydrogen) atoms. The molecule has 0 spiro atoms. The maximum atomic E-state index is 12.9. The number of hydrogen-bond acceptors (Lipinski definition) is 7. The Morgan fingerprint density at radius 3 is 2.36 bits per heavy atom. The van der Waals surface area contributed by atoms with Crippen LogP contribution in [-0.4, -0.2) is 45.1 Å². The van der Waals surface area contributed by atoms with Gasteiger partial charge < -0.3 is 5.32 Å². The lowest BCUT2D eigenvalue weighted by Crippen LogP contribution is -2.28. The fourth-order valence-electron chi connectivity index (χ4n) is 3.28. The van der Waals surface area contributed by atoms with Crippen molar-refractivity contribution in [1.29, 1.82) is 0 Å². The molecule has 0 radical (unpaired) electrons. The predicted octanol–water partition coefficient (Wildman–Crippen LogP) is 3.63. The largest absolute Gasteiger partial charge is 0.322 e. The van der Waals surface area contributed by atoms with E-state index in [-0.39, 0.29) is 25.5 Å². The van der Waals surface area contributed by atoms with Gasteiger partial charge in [-0.3, -0.25) is 9.52 Å². The first kappa shape index (κ1) is 23.6. The summed E-state index contributed by atoms with van der Waals surface area (Å²) in [5, 5.41) is 4.57. The highest BCUT2D eigenvalue weighted by atomic mass is 35.5. The van der Waals surface area contributed by atoms with E-state index >= 15 is 0 Å². The summed E-state index contributed by atoms with van der Waals surface area (Å²) in [4.78, 5) is 16.5. The SMILES string of the molecule is O=C(Nc1ccc(S(=O)(=O)Nc2nccs2)cc1)c1ccc(Cl)c(S(=O)(=O)N2CCCC2)c1. The van der Waals surface area contributed by atoms with Crippen LogP contribution in [0.5, 0.6) is 0 Å². The van der Waals surface area contributed by atoms with Gasteiger partial charge in [0, 0.05) is 35.9 Å². The van der Waals surface area contributed by atoms with Crippen molar-refractivity contribution >= 4 is 59.7 Å². The van der Waals surface area contributed by atoms with Gasteiger partial charge in [-0.2, -0.15) is 4.31 Å². The van der Waals surface area contributed by atoms with E-state index in [0.29, 0.717) is 18.8 Å². The Morgan fingerprint density at radius 2 is 1.73 bits per heavy atom. The summed E-state index contributed by atoms with van der Waals surface area (Å²) in [6, 6.07) is 9.62. The van der Waals surface area contributed by atoms with Crippen LogP contribution in [0.15, 0.2) is 63.8 Å². The Labute approximate surface area is 200 Å². The third-order valence-electron chi connectivity index (χ3n) is 4.95. The number of nitrogens with one attached hydrogen (secondary N) is 2. The molecule has 1 aromatic heterocycles. The average molecular weight is 527 g/mol. The van der Waals surface area contributed by atoms with Crippen molar-refractivity contribution < 1.29 is 21.6 Å². The first-order valence-corrected chi connectivity index (χ1v) is 14.0. The number of carbonyl (C=O) groups excluding carboxylic acids is 1. The number of rotatable bonds is 7. The average Bonchev–Trinajstić information content (AvgIpc) is 3.48. The van der Waals surface area contributed by atoms with E-state index in [4.69, 9.17) is 11.6 Å². The van der Waals surface area contributed by atoms with Gasteiger partial charge in [-0.15, -0.1) is 11.3 Å². The molecule has 2 N–H and O–H groups in total.